The van der Waals surface area contributed by atoms with Gasteiger partial charge in [-0.05, 0) is 36.4 Å². The largest absolute Gasteiger partial charge is 0.416 e. The minimum atomic E-state index is -5.20. The molecule has 0 fully saturated rings. The van der Waals surface area contributed by atoms with Gasteiger partial charge in [0.2, 0.25) is 0 Å². The Morgan fingerprint density at radius 2 is 0.567 bits per heavy atom. The summed E-state index contributed by atoms with van der Waals surface area (Å²) in [6.45, 7) is 0. The molecule has 0 saturated carbocycles. The van der Waals surface area contributed by atoms with E-state index in [0.29, 0.717) is 0 Å². The van der Waals surface area contributed by atoms with Gasteiger partial charge in [-0.1, -0.05) is 0 Å². The summed E-state index contributed by atoms with van der Waals surface area (Å²) in [4.78, 5) is 0. The van der Waals surface area contributed by atoms with E-state index in [9.17, 15) is 52.7 Å². The number of hydrogen-bond acceptors (Lipinski definition) is 2. The van der Waals surface area contributed by atoms with Crippen molar-refractivity contribution in [1.82, 2.24) is 0 Å². The zero-order valence-corrected chi connectivity index (χ0v) is 14.0. The second-order valence-electron chi connectivity index (χ2n) is 5.84. The number of halogens is 12. The Bertz CT molecular complexity index is 766. The van der Waals surface area contributed by atoms with Crippen molar-refractivity contribution in [2.75, 3.05) is 10.9 Å². The van der Waals surface area contributed by atoms with Crippen LogP contribution in [0.15, 0.2) is 36.4 Å². The molecule has 0 aromatic heterocycles. The fourth-order valence-corrected chi connectivity index (χ4v) is 2.20. The molecule has 14 heteroatoms. The predicted molar refractivity (Wildman–Crippen MR) is 80.1 cm³/mol. The lowest BCUT2D eigenvalue weighted by Crippen LogP contribution is -2.16. The van der Waals surface area contributed by atoms with Crippen LogP contribution < -0.4 is 10.9 Å². The zero-order chi connectivity index (χ0) is 23.1. The number of rotatable bonds is 3. The van der Waals surface area contributed by atoms with Crippen molar-refractivity contribution in [2.24, 2.45) is 0 Å². The summed E-state index contributed by atoms with van der Waals surface area (Å²) >= 11 is 0. The maximum absolute atomic E-state index is 12.8. The minimum Gasteiger partial charge on any atom is -0.301 e. The first-order valence-corrected chi connectivity index (χ1v) is 7.48. The van der Waals surface area contributed by atoms with Gasteiger partial charge < -0.3 is 10.9 Å². The summed E-state index contributed by atoms with van der Waals surface area (Å²) in [6.07, 6.45) is -20.8. The van der Waals surface area contributed by atoms with E-state index in [1.807, 2.05) is 0 Å². The van der Waals surface area contributed by atoms with E-state index in [1.165, 1.54) is 0 Å². The van der Waals surface area contributed by atoms with Crippen molar-refractivity contribution < 1.29 is 52.7 Å². The topological polar surface area (TPSA) is 24.1 Å². The van der Waals surface area contributed by atoms with Gasteiger partial charge in [0.25, 0.3) is 0 Å². The third kappa shape index (κ3) is 5.86. The van der Waals surface area contributed by atoms with Crippen molar-refractivity contribution in [1.29, 1.82) is 0 Å². The predicted octanol–water partition coefficient (Wildman–Crippen LogP) is 7.20. The van der Waals surface area contributed by atoms with E-state index >= 15 is 0 Å². The number of hydrazine groups is 1. The molecule has 0 heterocycles. The molecule has 2 nitrogen and oxygen atoms in total. The molecular formula is C16H8F12N2. The van der Waals surface area contributed by atoms with Gasteiger partial charge in [0.15, 0.2) is 0 Å². The molecule has 0 aliphatic carbocycles. The van der Waals surface area contributed by atoms with Crippen LogP contribution in [-0.2, 0) is 24.7 Å². The Morgan fingerprint density at radius 1 is 0.367 bits per heavy atom. The molecule has 166 valence electrons. The van der Waals surface area contributed by atoms with Crippen LogP contribution in [0.3, 0.4) is 0 Å². The molecule has 0 unspecified atom stereocenters. The molecule has 2 aromatic carbocycles. The van der Waals surface area contributed by atoms with Crippen molar-refractivity contribution in [3.05, 3.63) is 58.7 Å². The summed E-state index contributed by atoms with van der Waals surface area (Å²) in [5, 5.41) is 0. The maximum atomic E-state index is 12.8. The third-order valence-electron chi connectivity index (χ3n) is 3.53. The van der Waals surface area contributed by atoms with Crippen molar-refractivity contribution >= 4 is 11.4 Å². The molecule has 0 radical (unpaired) electrons. The monoisotopic (exact) mass is 456 g/mol. The van der Waals surface area contributed by atoms with E-state index in [0.717, 1.165) is 0 Å². The van der Waals surface area contributed by atoms with Gasteiger partial charge in [-0.3, -0.25) is 0 Å². The van der Waals surface area contributed by atoms with Gasteiger partial charge in [-0.25, -0.2) is 0 Å². The average molecular weight is 456 g/mol. The standard InChI is InChI=1S/C16H8F12N2/c17-13(18,19)7-1-8(14(20,21)22)4-11(3-7)29-30-12-5-9(15(23,24)25)2-10(6-12)16(26,27)28/h1-6,29-30H. The molecule has 30 heavy (non-hydrogen) atoms. The number of hydrogen-bond donors (Lipinski definition) is 2. The second-order valence-corrected chi connectivity index (χ2v) is 5.84. The van der Waals surface area contributed by atoms with Gasteiger partial charge >= 0.3 is 24.7 Å². The highest BCUT2D eigenvalue weighted by molar-refractivity contribution is 5.58. The van der Waals surface area contributed by atoms with Crippen LogP contribution in [0.2, 0.25) is 0 Å². The van der Waals surface area contributed by atoms with Crippen molar-refractivity contribution in [3.63, 3.8) is 0 Å². The van der Waals surface area contributed by atoms with Gasteiger partial charge in [0, 0.05) is 0 Å². The first-order chi connectivity index (χ1) is 13.4. The first kappa shape index (κ1) is 23.5. The molecular weight excluding hydrogens is 448 g/mol. The fourth-order valence-electron chi connectivity index (χ4n) is 2.20. The summed E-state index contributed by atoms with van der Waals surface area (Å²) in [7, 11) is 0. The molecule has 0 amide bonds. The fraction of sp³-hybridized carbons (Fsp3) is 0.250. The minimum absolute atomic E-state index is 0.195. The average Bonchev–Trinajstić information content (AvgIpc) is 2.56. The van der Waals surface area contributed by atoms with Crippen LogP contribution in [0.4, 0.5) is 64.1 Å². The molecule has 0 spiro atoms. The number of alkyl halides is 12. The molecule has 0 atom stereocenters. The molecule has 0 aliphatic rings. The Labute approximate surface area is 159 Å². The Balaban J connectivity index is 2.43. The third-order valence-corrected chi connectivity index (χ3v) is 3.53. The summed E-state index contributed by atoms with van der Waals surface area (Å²) in [6, 6.07) is 0.385. The van der Waals surface area contributed by atoms with Crippen molar-refractivity contribution in [2.45, 2.75) is 24.7 Å². The van der Waals surface area contributed by atoms with Gasteiger partial charge in [0.05, 0.1) is 33.6 Å². The van der Waals surface area contributed by atoms with E-state index in [-0.39, 0.29) is 36.4 Å². The highest BCUT2D eigenvalue weighted by atomic mass is 19.4. The molecule has 2 aromatic rings. The molecule has 2 N–H and O–H groups in total. The highest BCUT2D eigenvalue weighted by Gasteiger charge is 2.38. The van der Waals surface area contributed by atoms with Gasteiger partial charge in [-0.15, -0.1) is 0 Å². The van der Waals surface area contributed by atoms with Crippen LogP contribution in [0, 0.1) is 0 Å². The molecule has 2 rings (SSSR count). The smallest absolute Gasteiger partial charge is 0.301 e. The maximum Gasteiger partial charge on any atom is 0.416 e. The van der Waals surface area contributed by atoms with Crippen LogP contribution in [-0.4, -0.2) is 0 Å². The summed E-state index contributed by atoms with van der Waals surface area (Å²) < 4.78 is 154. The van der Waals surface area contributed by atoms with Crippen LogP contribution in [0.1, 0.15) is 22.3 Å². The highest BCUT2D eigenvalue weighted by Crippen LogP contribution is 2.39. The Morgan fingerprint density at radius 3 is 0.733 bits per heavy atom. The normalized spacial score (nSPS) is 13.3. The lowest BCUT2D eigenvalue weighted by Gasteiger charge is -2.18. The lowest BCUT2D eigenvalue weighted by molar-refractivity contribution is -0.144. The van der Waals surface area contributed by atoms with Gasteiger partial charge in [0.1, 0.15) is 0 Å². The van der Waals surface area contributed by atoms with E-state index in [1.54, 1.807) is 10.9 Å². The van der Waals surface area contributed by atoms with Crippen LogP contribution in [0.5, 0.6) is 0 Å². The summed E-state index contributed by atoms with van der Waals surface area (Å²) in [5.74, 6) is 0. The Hall–Kier alpha value is -2.80. The van der Waals surface area contributed by atoms with Gasteiger partial charge in [-0.2, -0.15) is 52.7 Å². The Kier molecular flexibility index (Phi) is 5.84. The molecule has 0 bridgehead atoms. The van der Waals surface area contributed by atoms with Crippen molar-refractivity contribution in [3.8, 4) is 0 Å². The number of benzene rings is 2. The van der Waals surface area contributed by atoms with Crippen LogP contribution in [0.25, 0.3) is 0 Å². The second kappa shape index (κ2) is 7.47. The first-order valence-electron chi connectivity index (χ1n) is 7.48. The number of nitrogens with one attached hydrogen (secondary N) is 2. The molecule has 0 aliphatic heterocycles. The zero-order valence-electron chi connectivity index (χ0n) is 14.0. The quantitative estimate of drug-likeness (QED) is 0.377. The van der Waals surface area contributed by atoms with E-state index in [2.05, 4.69) is 0 Å². The van der Waals surface area contributed by atoms with Crippen LogP contribution >= 0.6 is 0 Å². The summed E-state index contributed by atoms with van der Waals surface area (Å²) in [5.41, 5.74) is -5.22. The number of anilines is 2. The lowest BCUT2D eigenvalue weighted by atomic mass is 10.1. The van der Waals surface area contributed by atoms with E-state index in [4.69, 9.17) is 0 Å². The van der Waals surface area contributed by atoms with E-state index < -0.39 is 58.3 Å². The molecule has 0 saturated heterocycles. The SMILES string of the molecule is FC(F)(F)c1cc(NNc2cc(C(F)(F)F)cc(C(F)(F)F)c2)cc(C(F)(F)F)c1.